The van der Waals surface area contributed by atoms with E-state index in [-0.39, 0.29) is 58.7 Å². The number of aryl methyl sites for hydroxylation is 7. The Bertz CT molecular complexity index is 7000. The van der Waals surface area contributed by atoms with Crippen LogP contribution in [0.4, 0.5) is 11.6 Å². The number of nitrogens with two attached hydrogens (primary N) is 2. The van der Waals surface area contributed by atoms with Crippen molar-refractivity contribution in [2.45, 2.75) is 236 Å². The molecule has 0 aliphatic carbocycles. The van der Waals surface area contributed by atoms with Crippen LogP contribution in [-0.2, 0) is 184 Å². The first-order valence-corrected chi connectivity index (χ1v) is 60.6. The third-order valence-electron chi connectivity index (χ3n) is 23.4. The summed E-state index contributed by atoms with van der Waals surface area (Å²) in [4.78, 5) is 261. The summed E-state index contributed by atoms with van der Waals surface area (Å²) in [6.07, 6.45) is -24.2. The van der Waals surface area contributed by atoms with E-state index in [1.807, 2.05) is 0 Å². The maximum Gasteiger partial charge on any atom is 0.351 e. The van der Waals surface area contributed by atoms with Crippen molar-refractivity contribution in [1.29, 1.82) is 0 Å². The number of aromatic nitrogens is 14. The van der Waals surface area contributed by atoms with E-state index in [2.05, 4.69) is 34.9 Å². The van der Waals surface area contributed by atoms with E-state index < -0.39 is 316 Å². The third kappa shape index (κ3) is 27.5. The summed E-state index contributed by atoms with van der Waals surface area (Å²) < 4.78 is 145. The molecule has 7 aromatic rings. The largest absolute Gasteiger partial charge is 0.780 e. The average molecular weight is 2260 g/mol. The van der Waals surface area contributed by atoms with Gasteiger partial charge in [-0.05, 0) is 54.9 Å². The Morgan fingerprint density at radius 2 is 0.521 bits per heavy atom. The molecule has 28 atom stereocenters. The predicted molar refractivity (Wildman–Crippen MR) is 503 cm³/mol. The second kappa shape index (κ2) is 45.1. The first kappa shape index (κ1) is 112. The minimum absolute atomic E-state index is 0.00879. The van der Waals surface area contributed by atoms with E-state index in [0.29, 0.717) is 11.1 Å². The summed E-state index contributed by atoms with van der Waals surface area (Å²) >= 11 is 37.5. The topological polar surface area (TPSA) is 745 Å². The van der Waals surface area contributed by atoms with Crippen molar-refractivity contribution in [2.24, 2.45) is 0 Å². The van der Waals surface area contributed by atoms with Gasteiger partial charge in [0.25, 0.3) is 27.8 Å². The van der Waals surface area contributed by atoms with Gasteiger partial charge >= 0.3 is 39.8 Å². The highest BCUT2D eigenvalue weighted by atomic mass is 32.7. The standard InChI is InChI=1S/C72H99N16O40P7S7/c1-10-38-39(11-52(115-38)82-18-31(2)59(73)75-66(82)94)123-130(102,137)109-26-47-41(13-54(117-47)84-20-33(4)61(89)77-68(84)96)125-132(104,139)111-28-49-43(15-56(119-49)86-22-35(6)63(91)79-70(86)98)127-134(106,141)113-30-51-45(17-58(121-51)88-24-37(8)65(93)81-72(88)100)128-135(107,142)114-29-50-44(16-57(120-50)87-23-36(7)64(92)80-71(87)99)126-133(105,140)112-27-48-42(14-55(118-48)85-21-34(5)62(90)78-69(85)97)124-131(103,138)110-25-46-40(122-129(101,136)108-9)12-53(116-46)83-19-32(3)60(74)76-67(83)95/h18-24,38-58H,10-17,25-30H2,1-9H3,(H,101,136)(H,102,137)(H,103,138)(H,104,139)(H,105,140)(H,106,141)(H,107,142)(H2,73,75,94)(H2,74,76,95)(H,77,89,96)(H,78,90,97)(H,79,91,98)(H,80,92,99)(H,81,93,100)/p-7/t38-,39-,40-,41-,42-,43-,44-,45-,46-,47-,48-,49-,50-,51-,52-,53-,54-,55-,56-,57-,58-,129?,130?,131?,132?,133?,134?,135?/m1/s1. The Balaban J connectivity index is 0.665. The quantitative estimate of drug-likeness (QED) is 0.0145. The lowest BCUT2D eigenvalue weighted by molar-refractivity contribution is -0.221. The molecule has 0 saturated carbocycles. The van der Waals surface area contributed by atoms with Gasteiger partial charge in [-0.2, -0.15) is 9.97 Å². The lowest BCUT2D eigenvalue weighted by atomic mass is 10.1. The molecule has 70 heteroatoms. The van der Waals surface area contributed by atoms with E-state index in [4.69, 9.17) is 191 Å². The zero-order chi connectivity index (χ0) is 103. The van der Waals surface area contributed by atoms with Crippen molar-refractivity contribution in [2.75, 3.05) is 58.2 Å². The lowest BCUT2D eigenvalue weighted by Crippen LogP contribution is -2.35. The van der Waals surface area contributed by atoms with Crippen LogP contribution >= 0.6 is 47.1 Å². The number of hydrogen-bond donors (Lipinski definition) is 7. The number of H-pyrrole nitrogens is 5. The van der Waals surface area contributed by atoms with Crippen LogP contribution in [0.2, 0.25) is 0 Å². The molecule has 9 N–H and O–H groups in total. The Kier molecular flexibility index (Phi) is 35.5. The molecule has 0 spiro atoms. The Morgan fingerprint density at radius 1 is 0.331 bits per heavy atom. The summed E-state index contributed by atoms with van der Waals surface area (Å²) in [7, 11) is 1.01. The molecule has 14 heterocycles. The fourth-order valence-corrected chi connectivity index (χ4v) is 25.8. The zero-order valence-electron chi connectivity index (χ0n) is 75.6. The monoisotopic (exact) mass is 2260 g/mol. The van der Waals surface area contributed by atoms with Crippen LogP contribution in [0.3, 0.4) is 0 Å². The van der Waals surface area contributed by atoms with E-state index in [0.717, 1.165) is 65.5 Å². The van der Waals surface area contributed by atoms with Gasteiger partial charge < -0.3 is 150 Å². The molecule has 7 aliphatic rings. The van der Waals surface area contributed by atoms with Crippen molar-refractivity contribution in [1.82, 2.24) is 66.9 Å². The number of anilines is 2. The maximum absolute atomic E-state index is 14.9. The van der Waals surface area contributed by atoms with Gasteiger partial charge in [0.15, 0.2) is 6.80 Å². The zero-order valence-corrected chi connectivity index (χ0v) is 87.5. The molecule has 784 valence electrons. The summed E-state index contributed by atoms with van der Waals surface area (Å²) in [5, 5.41) is 0. The summed E-state index contributed by atoms with van der Waals surface area (Å²) in [5.74, 6) is -0.0909. The lowest BCUT2D eigenvalue weighted by Gasteiger charge is -2.36. The van der Waals surface area contributed by atoms with Crippen molar-refractivity contribution >= 4 is 142 Å². The van der Waals surface area contributed by atoms with Crippen LogP contribution in [0.5, 0.6) is 0 Å². The summed E-state index contributed by atoms with van der Waals surface area (Å²) in [6.45, 7) is -27.8. The number of nitrogens with zero attached hydrogens (tertiary/aromatic N) is 9. The number of ether oxygens (including phenoxy) is 7. The summed E-state index contributed by atoms with van der Waals surface area (Å²) in [5.41, 5.74) is 1.90. The first-order valence-electron chi connectivity index (χ1n) is 42.7. The van der Waals surface area contributed by atoms with E-state index in [1.54, 1.807) is 20.8 Å². The molecule has 0 aromatic carbocycles. The van der Waals surface area contributed by atoms with E-state index in [9.17, 15) is 91.5 Å². The highest BCUT2D eigenvalue weighted by Gasteiger charge is 2.49. The number of hydrogen-bond acceptors (Lipinski definition) is 51. The van der Waals surface area contributed by atoms with Gasteiger partial charge in [-0.25, -0.2) is 33.6 Å². The Morgan fingerprint density at radius 3 is 0.746 bits per heavy atom. The Hall–Kier alpha value is -5.84. The fourth-order valence-electron chi connectivity index (χ4n) is 16.1. The van der Waals surface area contributed by atoms with Crippen LogP contribution in [0, 0.1) is 48.5 Å². The highest BCUT2D eigenvalue weighted by Crippen LogP contribution is 2.57. The minimum atomic E-state index is -5.11. The molecule has 142 heavy (non-hydrogen) atoms. The van der Waals surface area contributed by atoms with Crippen LogP contribution in [0.1, 0.15) is 141 Å². The van der Waals surface area contributed by atoms with Gasteiger partial charge in [0.05, 0.1) is 88.5 Å². The van der Waals surface area contributed by atoms with Gasteiger partial charge in [0, 0.05) is 134 Å². The molecule has 7 unspecified atom stereocenters. The average Bonchev–Trinajstić information content (AvgIpc) is 1.58. The minimum Gasteiger partial charge on any atom is -0.780 e. The van der Waals surface area contributed by atoms with Crippen LogP contribution in [0.25, 0.3) is 0 Å². The first-order chi connectivity index (χ1) is 66.4. The van der Waals surface area contributed by atoms with Crippen molar-refractivity contribution < 1.29 is 130 Å². The van der Waals surface area contributed by atoms with Gasteiger partial charge in [0.2, 0.25) is 0 Å². The molecule has 7 aromatic heterocycles. The highest BCUT2D eigenvalue weighted by molar-refractivity contribution is 8.32. The molecule has 7 saturated heterocycles. The molecule has 0 bridgehead atoms. The van der Waals surface area contributed by atoms with E-state index >= 15 is 0 Å². The number of nitrogen functional groups attached to an aromatic ring is 2. The smallest absolute Gasteiger partial charge is 0.351 e. The second-order valence-corrected chi connectivity index (χ2v) is 52.5. The SMILES string of the molecule is CC[C@H]1O[C@@H](n2cc(C)c(N)nc2=O)C[C@H]1OP([O-])(=S)OC[C@H]1O[C@@H](n2cc(C)c(=O)[nH]c2=O)C[C@H]1OP(=O)([S-])OC[C@H]1O[C@@H](n2cc(C)c(=O)[nH]c2=O)C[C@H]1OP([O-])(=S)OC[C@H]1O[C@@H](n2cc(C)c(=O)[nH]c2=O)C[C@H]1OP([O-])(=S)OC[C@H]1O[C@@H](n2cc(C)c(=O)[nH]c2=O)C[C@H]1OP([O-])(=S)OC[C@H]1O[C@@H](n2cc(C)c(=O)[nH]c2=O)C[C@H]1OP([O-])(=S)OC[C@H]1O[C@@H](n2cc(C)c(N)nc2=O)C[C@H]1OP([O-])(=S)OC. The molecular formula is C72H92N16O40P7S7-7. The van der Waals surface area contributed by atoms with Gasteiger partial charge in [0.1, 0.15) is 132 Å². The van der Waals surface area contributed by atoms with E-state index in [1.165, 1.54) is 51.6 Å². The van der Waals surface area contributed by atoms with Gasteiger partial charge in [-0.1, -0.05) is 77.8 Å². The molecular weight excluding hydrogens is 2170 g/mol. The number of nitrogens with one attached hydrogen (secondary N) is 5. The Labute approximate surface area is 835 Å². The molecule has 14 rings (SSSR count). The maximum atomic E-state index is 14.9. The van der Waals surface area contributed by atoms with Crippen molar-refractivity contribution in [3.8, 4) is 0 Å². The second-order valence-electron chi connectivity index (χ2n) is 33.4. The number of rotatable bonds is 41. The fraction of sp³-hybridized carbons (Fsp3) is 0.611. The van der Waals surface area contributed by atoms with Crippen LogP contribution in [-0.4, -0.2) is 199 Å². The molecule has 7 aliphatic heterocycles. The molecule has 0 radical (unpaired) electrons. The third-order valence-corrected chi connectivity index (χ3v) is 34.5. The molecule has 56 nitrogen and oxygen atoms in total. The number of aromatic amines is 5. The van der Waals surface area contributed by atoms with Gasteiger partial charge in [-0.3, -0.25) is 85.4 Å². The molecule has 7 fully saturated rings. The molecule has 0 amide bonds. The normalized spacial score (nSPS) is 29.8. The van der Waals surface area contributed by atoms with Gasteiger partial charge in [-0.15, -0.1) is 0 Å². The van der Waals surface area contributed by atoms with Crippen LogP contribution in [0.15, 0.2) is 101 Å². The van der Waals surface area contributed by atoms with Crippen molar-refractivity contribution in [3.05, 3.63) is 207 Å². The van der Waals surface area contributed by atoms with Crippen molar-refractivity contribution in [3.63, 3.8) is 0 Å². The predicted octanol–water partition coefficient (Wildman–Crippen LogP) is -3.40. The summed E-state index contributed by atoms with van der Waals surface area (Å²) in [6, 6.07) is 0. The van der Waals surface area contributed by atoms with Crippen LogP contribution < -0.4 is 108 Å².